The number of rotatable bonds is 6. The van der Waals surface area contributed by atoms with E-state index in [1.165, 1.54) is 11.3 Å². The quantitative estimate of drug-likeness (QED) is 0.762. The van der Waals surface area contributed by atoms with E-state index in [0.717, 1.165) is 25.7 Å². The van der Waals surface area contributed by atoms with Crippen LogP contribution in [0.2, 0.25) is 0 Å². The van der Waals surface area contributed by atoms with Crippen molar-refractivity contribution in [2.24, 2.45) is 5.92 Å². The predicted molar refractivity (Wildman–Crippen MR) is 74.1 cm³/mol. The fourth-order valence-electron chi connectivity index (χ4n) is 2.48. The van der Waals surface area contributed by atoms with Crippen molar-refractivity contribution < 1.29 is 19.5 Å². The molecule has 1 saturated carbocycles. The number of hydrogen-bond donors (Lipinski definition) is 2. The Morgan fingerprint density at radius 1 is 1.20 bits per heavy atom. The molecule has 0 radical (unpaired) electrons. The Morgan fingerprint density at radius 2 is 1.80 bits per heavy atom. The van der Waals surface area contributed by atoms with Crippen molar-refractivity contribution in [3.8, 4) is 0 Å². The van der Waals surface area contributed by atoms with Gasteiger partial charge in [0.1, 0.15) is 6.54 Å². The van der Waals surface area contributed by atoms with Gasteiger partial charge >= 0.3 is 5.97 Å². The van der Waals surface area contributed by atoms with Gasteiger partial charge in [-0.25, -0.2) is 0 Å². The van der Waals surface area contributed by atoms with Crippen LogP contribution in [0.3, 0.4) is 0 Å². The van der Waals surface area contributed by atoms with E-state index in [9.17, 15) is 14.4 Å². The average Bonchev–Trinajstić information content (AvgIpc) is 2.42. The predicted octanol–water partition coefficient (Wildman–Crippen LogP) is 1.00. The van der Waals surface area contributed by atoms with Gasteiger partial charge in [-0.15, -0.1) is 0 Å². The van der Waals surface area contributed by atoms with Crippen molar-refractivity contribution in [3.63, 3.8) is 0 Å². The van der Waals surface area contributed by atoms with Gasteiger partial charge < -0.3 is 15.3 Å². The zero-order valence-corrected chi connectivity index (χ0v) is 12.2. The highest BCUT2D eigenvalue weighted by molar-refractivity contribution is 5.87. The molecule has 0 atom stereocenters. The minimum atomic E-state index is -1.05. The molecule has 0 aromatic heterocycles. The van der Waals surface area contributed by atoms with E-state index in [1.807, 2.05) is 0 Å². The summed E-state index contributed by atoms with van der Waals surface area (Å²) in [4.78, 5) is 35.9. The van der Waals surface area contributed by atoms with Crippen molar-refractivity contribution in [2.45, 2.75) is 52.0 Å². The number of nitrogens with one attached hydrogen (secondary N) is 1. The zero-order valence-electron chi connectivity index (χ0n) is 12.2. The lowest BCUT2D eigenvalue weighted by Gasteiger charge is -2.26. The molecule has 1 aliphatic rings. The lowest BCUT2D eigenvalue weighted by Crippen LogP contribution is -2.46. The second-order valence-electron chi connectivity index (χ2n) is 5.56. The highest BCUT2D eigenvalue weighted by atomic mass is 16.4. The van der Waals surface area contributed by atoms with E-state index in [0.29, 0.717) is 0 Å². The molecule has 0 aliphatic heterocycles. The summed E-state index contributed by atoms with van der Waals surface area (Å²) in [6, 6.07) is -0.204. The second kappa shape index (κ2) is 7.87. The minimum Gasteiger partial charge on any atom is -0.480 e. The molecule has 0 heterocycles. The van der Waals surface area contributed by atoms with Crippen LogP contribution in [0.5, 0.6) is 0 Å². The summed E-state index contributed by atoms with van der Waals surface area (Å²) >= 11 is 0. The summed E-state index contributed by atoms with van der Waals surface area (Å²) in [5.41, 5.74) is 0. The summed E-state index contributed by atoms with van der Waals surface area (Å²) in [5.74, 6) is -1.49. The maximum absolute atomic E-state index is 12.0. The molecular weight excluding hydrogens is 260 g/mol. The number of nitrogens with zero attached hydrogens (tertiary/aromatic N) is 1. The Labute approximate surface area is 119 Å². The van der Waals surface area contributed by atoms with Gasteiger partial charge in [-0.3, -0.25) is 14.4 Å². The molecule has 0 aromatic rings. The topological polar surface area (TPSA) is 86.7 Å². The van der Waals surface area contributed by atoms with E-state index < -0.39 is 5.97 Å². The lowest BCUT2D eigenvalue weighted by atomic mass is 9.89. The monoisotopic (exact) mass is 284 g/mol. The Bertz CT molecular complexity index is 362. The normalized spacial score (nSPS) is 15.9. The zero-order chi connectivity index (χ0) is 15.1. The highest BCUT2D eigenvalue weighted by Gasteiger charge is 2.24. The van der Waals surface area contributed by atoms with Crippen LogP contribution in [0, 0.1) is 5.92 Å². The largest absolute Gasteiger partial charge is 0.480 e. The van der Waals surface area contributed by atoms with Gasteiger partial charge in [-0.1, -0.05) is 19.3 Å². The third kappa shape index (κ3) is 5.19. The third-order valence-corrected chi connectivity index (χ3v) is 3.64. The van der Waals surface area contributed by atoms with Crippen molar-refractivity contribution in [2.75, 3.05) is 13.1 Å². The molecule has 0 aromatic carbocycles. The molecule has 2 N–H and O–H groups in total. The van der Waals surface area contributed by atoms with E-state index in [4.69, 9.17) is 5.11 Å². The number of carbonyl (C=O) groups is 3. The van der Waals surface area contributed by atoms with Gasteiger partial charge in [-0.05, 0) is 26.7 Å². The smallest absolute Gasteiger partial charge is 0.323 e. The first-order valence-electron chi connectivity index (χ1n) is 7.20. The van der Waals surface area contributed by atoms with E-state index in [2.05, 4.69) is 5.32 Å². The van der Waals surface area contributed by atoms with Crippen LogP contribution in [0.15, 0.2) is 0 Å². The van der Waals surface area contributed by atoms with E-state index in [-0.39, 0.29) is 36.9 Å². The van der Waals surface area contributed by atoms with Crippen LogP contribution in [0.1, 0.15) is 46.0 Å². The lowest BCUT2D eigenvalue weighted by molar-refractivity contribution is -0.145. The Balaban J connectivity index is 2.43. The first-order chi connectivity index (χ1) is 9.41. The molecule has 0 bridgehead atoms. The molecule has 1 fully saturated rings. The minimum absolute atomic E-state index is 0.00326. The molecule has 1 aliphatic carbocycles. The standard InChI is InChI=1S/C14H24N2O4/c1-10(2)16(9-13(18)19)12(17)8-15-14(20)11-6-4-3-5-7-11/h10-11H,3-9H2,1-2H3,(H,15,20)(H,18,19). The summed E-state index contributed by atoms with van der Waals surface area (Å²) < 4.78 is 0. The van der Waals surface area contributed by atoms with Crippen LogP contribution in [-0.2, 0) is 14.4 Å². The Hall–Kier alpha value is -1.59. The number of carboxylic acids is 1. The average molecular weight is 284 g/mol. The van der Waals surface area contributed by atoms with Crippen molar-refractivity contribution in [1.82, 2.24) is 10.2 Å². The maximum Gasteiger partial charge on any atom is 0.323 e. The van der Waals surface area contributed by atoms with Crippen molar-refractivity contribution >= 4 is 17.8 Å². The Kier molecular flexibility index (Phi) is 6.48. The summed E-state index contributed by atoms with van der Waals surface area (Å²) in [5, 5.41) is 11.4. The number of carbonyl (C=O) groups excluding carboxylic acids is 2. The van der Waals surface area contributed by atoms with Gasteiger partial charge in [0.15, 0.2) is 0 Å². The van der Waals surface area contributed by atoms with Gasteiger partial charge in [-0.2, -0.15) is 0 Å². The number of aliphatic carboxylic acids is 1. The first kappa shape index (κ1) is 16.5. The van der Waals surface area contributed by atoms with Crippen LogP contribution >= 0.6 is 0 Å². The SMILES string of the molecule is CC(C)N(CC(=O)O)C(=O)CNC(=O)C1CCCCC1. The third-order valence-electron chi connectivity index (χ3n) is 3.64. The van der Waals surface area contributed by atoms with Gasteiger partial charge in [0.05, 0.1) is 6.54 Å². The molecule has 0 spiro atoms. The van der Waals surface area contributed by atoms with Gasteiger partial charge in [0.25, 0.3) is 0 Å². The molecule has 6 nitrogen and oxygen atoms in total. The molecule has 114 valence electrons. The van der Waals surface area contributed by atoms with Gasteiger partial charge in [0, 0.05) is 12.0 Å². The molecular formula is C14H24N2O4. The molecule has 20 heavy (non-hydrogen) atoms. The van der Waals surface area contributed by atoms with E-state index in [1.54, 1.807) is 13.8 Å². The van der Waals surface area contributed by atoms with Crippen LogP contribution < -0.4 is 5.32 Å². The van der Waals surface area contributed by atoms with Crippen LogP contribution in [-0.4, -0.2) is 46.9 Å². The number of hydrogen-bond acceptors (Lipinski definition) is 3. The highest BCUT2D eigenvalue weighted by Crippen LogP contribution is 2.23. The van der Waals surface area contributed by atoms with Crippen molar-refractivity contribution in [1.29, 1.82) is 0 Å². The molecule has 6 heteroatoms. The Morgan fingerprint density at radius 3 is 2.30 bits per heavy atom. The number of amides is 2. The molecule has 0 saturated heterocycles. The van der Waals surface area contributed by atoms with Gasteiger partial charge in [0.2, 0.25) is 11.8 Å². The number of carboxylic acid groups (broad SMARTS) is 1. The summed E-state index contributed by atoms with van der Waals surface area (Å²) in [6.07, 6.45) is 5.04. The first-order valence-corrected chi connectivity index (χ1v) is 7.20. The molecule has 2 amide bonds. The fourth-order valence-corrected chi connectivity index (χ4v) is 2.48. The fraction of sp³-hybridized carbons (Fsp3) is 0.786. The molecule has 0 unspecified atom stereocenters. The van der Waals surface area contributed by atoms with Crippen LogP contribution in [0.4, 0.5) is 0 Å². The summed E-state index contributed by atoms with van der Waals surface area (Å²) in [7, 11) is 0. The maximum atomic E-state index is 12.0. The molecule has 1 rings (SSSR count). The van der Waals surface area contributed by atoms with Crippen LogP contribution in [0.25, 0.3) is 0 Å². The summed E-state index contributed by atoms with van der Waals surface area (Å²) in [6.45, 7) is 3.05. The second-order valence-corrected chi connectivity index (χ2v) is 5.56. The van der Waals surface area contributed by atoms with Crippen molar-refractivity contribution in [3.05, 3.63) is 0 Å². The van der Waals surface area contributed by atoms with E-state index >= 15 is 0 Å².